The van der Waals surface area contributed by atoms with Crippen molar-refractivity contribution in [3.05, 3.63) is 0 Å². The maximum atomic E-state index is 11.0. The first kappa shape index (κ1) is 13.5. The van der Waals surface area contributed by atoms with E-state index in [0.717, 1.165) is 19.3 Å². The molecular formula is C12H23NO3. The lowest BCUT2D eigenvalue weighted by molar-refractivity contribution is -0.140. The minimum Gasteiger partial charge on any atom is -0.480 e. The van der Waals surface area contributed by atoms with Gasteiger partial charge in [0, 0.05) is 5.54 Å². The second-order valence-corrected chi connectivity index (χ2v) is 5.08. The fraction of sp³-hybridized carbons (Fsp3) is 0.917. The van der Waals surface area contributed by atoms with E-state index in [9.17, 15) is 9.90 Å². The van der Waals surface area contributed by atoms with Crippen molar-refractivity contribution < 1.29 is 15.0 Å². The van der Waals surface area contributed by atoms with Gasteiger partial charge in [-0.15, -0.1) is 0 Å². The van der Waals surface area contributed by atoms with Crippen LogP contribution in [0.15, 0.2) is 0 Å². The summed E-state index contributed by atoms with van der Waals surface area (Å²) >= 11 is 0. The zero-order valence-electron chi connectivity index (χ0n) is 10.2. The summed E-state index contributed by atoms with van der Waals surface area (Å²) in [6.45, 7) is 4.04. The van der Waals surface area contributed by atoms with E-state index in [1.165, 1.54) is 6.42 Å². The highest BCUT2D eigenvalue weighted by molar-refractivity contribution is 5.73. The van der Waals surface area contributed by atoms with Crippen molar-refractivity contribution in [1.29, 1.82) is 0 Å². The Kier molecular flexibility index (Phi) is 4.74. The van der Waals surface area contributed by atoms with Crippen molar-refractivity contribution in [2.24, 2.45) is 5.92 Å². The highest BCUT2D eigenvalue weighted by atomic mass is 16.4. The molecule has 0 radical (unpaired) electrons. The smallest absolute Gasteiger partial charge is 0.320 e. The van der Waals surface area contributed by atoms with Gasteiger partial charge in [-0.2, -0.15) is 0 Å². The van der Waals surface area contributed by atoms with Gasteiger partial charge in [0.25, 0.3) is 0 Å². The van der Waals surface area contributed by atoms with Gasteiger partial charge in [-0.05, 0) is 25.2 Å². The molecule has 0 aromatic heterocycles. The van der Waals surface area contributed by atoms with Crippen molar-refractivity contribution >= 4 is 5.97 Å². The lowest BCUT2D eigenvalue weighted by atomic mass is 9.76. The summed E-state index contributed by atoms with van der Waals surface area (Å²) in [5.41, 5.74) is -0.378. The fourth-order valence-corrected chi connectivity index (χ4v) is 2.69. The van der Waals surface area contributed by atoms with Crippen LogP contribution >= 0.6 is 0 Å². The van der Waals surface area contributed by atoms with Crippen molar-refractivity contribution in [2.45, 2.75) is 57.5 Å². The van der Waals surface area contributed by atoms with Crippen molar-refractivity contribution in [3.63, 3.8) is 0 Å². The van der Waals surface area contributed by atoms with Gasteiger partial charge in [-0.1, -0.05) is 26.7 Å². The van der Waals surface area contributed by atoms with Gasteiger partial charge in [-0.25, -0.2) is 0 Å². The number of hydrogen-bond acceptors (Lipinski definition) is 3. The molecule has 3 unspecified atom stereocenters. The van der Waals surface area contributed by atoms with Crippen LogP contribution in [0.4, 0.5) is 0 Å². The molecule has 0 bridgehead atoms. The average molecular weight is 229 g/mol. The minimum atomic E-state index is -0.825. The predicted octanol–water partition coefficient (Wildman–Crippen LogP) is 1.38. The summed E-state index contributed by atoms with van der Waals surface area (Å²) in [4.78, 5) is 11.0. The number of aliphatic hydroxyl groups excluding tert-OH is 1. The van der Waals surface area contributed by atoms with E-state index in [2.05, 4.69) is 12.2 Å². The van der Waals surface area contributed by atoms with Crippen LogP contribution < -0.4 is 5.32 Å². The number of carbonyl (C=O) groups is 1. The number of aliphatic carboxylic acids is 1. The third-order valence-electron chi connectivity index (χ3n) is 3.58. The quantitative estimate of drug-likeness (QED) is 0.666. The third kappa shape index (κ3) is 3.19. The van der Waals surface area contributed by atoms with E-state index in [1.54, 1.807) is 0 Å². The molecule has 1 aliphatic rings. The zero-order valence-corrected chi connectivity index (χ0v) is 10.2. The second-order valence-electron chi connectivity index (χ2n) is 5.08. The minimum absolute atomic E-state index is 0.0289. The topological polar surface area (TPSA) is 69.6 Å². The van der Waals surface area contributed by atoms with Crippen LogP contribution in [-0.2, 0) is 4.79 Å². The first-order chi connectivity index (χ1) is 7.53. The first-order valence-electron chi connectivity index (χ1n) is 6.14. The normalized spacial score (nSPS) is 32.3. The van der Waals surface area contributed by atoms with Crippen LogP contribution in [-0.4, -0.2) is 34.4 Å². The van der Waals surface area contributed by atoms with E-state index in [-0.39, 0.29) is 12.1 Å². The summed E-state index contributed by atoms with van der Waals surface area (Å²) in [6.07, 6.45) is 4.52. The molecule has 1 rings (SSSR count). The molecule has 4 heteroatoms. The summed E-state index contributed by atoms with van der Waals surface area (Å²) in [6, 6.07) is -0.544. The summed E-state index contributed by atoms with van der Waals surface area (Å²) < 4.78 is 0. The molecule has 1 saturated carbocycles. The summed E-state index contributed by atoms with van der Waals surface area (Å²) in [5, 5.41) is 21.7. The predicted molar refractivity (Wildman–Crippen MR) is 62.3 cm³/mol. The van der Waals surface area contributed by atoms with E-state index >= 15 is 0 Å². The summed E-state index contributed by atoms with van der Waals surface area (Å²) in [5.74, 6) is -0.270. The van der Waals surface area contributed by atoms with Gasteiger partial charge in [0.05, 0.1) is 6.61 Å². The molecule has 1 fully saturated rings. The van der Waals surface area contributed by atoms with Gasteiger partial charge < -0.3 is 10.2 Å². The molecule has 1 aliphatic carbocycles. The van der Waals surface area contributed by atoms with Crippen LogP contribution in [0.2, 0.25) is 0 Å². The molecule has 0 heterocycles. The van der Waals surface area contributed by atoms with Gasteiger partial charge in [-0.3, -0.25) is 10.1 Å². The molecule has 3 atom stereocenters. The van der Waals surface area contributed by atoms with Crippen LogP contribution in [0.1, 0.15) is 46.0 Å². The Bertz CT molecular complexity index is 244. The van der Waals surface area contributed by atoms with Gasteiger partial charge in [0.2, 0.25) is 0 Å². The van der Waals surface area contributed by atoms with Gasteiger partial charge in [0.1, 0.15) is 6.04 Å². The third-order valence-corrected chi connectivity index (χ3v) is 3.58. The van der Waals surface area contributed by atoms with Gasteiger partial charge >= 0.3 is 5.97 Å². The zero-order chi connectivity index (χ0) is 12.2. The Labute approximate surface area is 97.0 Å². The van der Waals surface area contributed by atoms with E-state index in [0.29, 0.717) is 12.3 Å². The highest BCUT2D eigenvalue weighted by Gasteiger charge is 2.37. The molecule has 0 aromatic rings. The molecule has 0 aliphatic heterocycles. The Morgan fingerprint density at radius 1 is 1.62 bits per heavy atom. The van der Waals surface area contributed by atoms with E-state index in [1.807, 2.05) is 6.92 Å². The van der Waals surface area contributed by atoms with Gasteiger partial charge in [0.15, 0.2) is 0 Å². The van der Waals surface area contributed by atoms with E-state index < -0.39 is 12.0 Å². The SMILES string of the molecule is CCC(NC1(CO)CCCC(C)C1)C(=O)O. The first-order valence-corrected chi connectivity index (χ1v) is 6.14. The standard InChI is InChI=1S/C12H23NO3/c1-3-10(11(15)16)13-12(8-14)6-4-5-9(2)7-12/h9-10,13-14H,3-8H2,1-2H3,(H,15,16). The van der Waals surface area contributed by atoms with Crippen LogP contribution in [0, 0.1) is 5.92 Å². The molecule has 0 saturated heterocycles. The number of aliphatic hydroxyl groups is 1. The number of nitrogens with one attached hydrogen (secondary N) is 1. The maximum Gasteiger partial charge on any atom is 0.320 e. The summed E-state index contributed by atoms with van der Waals surface area (Å²) in [7, 11) is 0. The Morgan fingerprint density at radius 2 is 2.31 bits per heavy atom. The number of carboxylic acid groups (broad SMARTS) is 1. The van der Waals surface area contributed by atoms with Crippen LogP contribution in [0.3, 0.4) is 0 Å². The fourth-order valence-electron chi connectivity index (χ4n) is 2.69. The largest absolute Gasteiger partial charge is 0.480 e. The Balaban J connectivity index is 2.68. The number of rotatable bonds is 5. The van der Waals surface area contributed by atoms with Crippen molar-refractivity contribution in [2.75, 3.05) is 6.61 Å². The van der Waals surface area contributed by atoms with Crippen molar-refractivity contribution in [1.82, 2.24) is 5.32 Å². The molecule has 94 valence electrons. The van der Waals surface area contributed by atoms with Crippen LogP contribution in [0.25, 0.3) is 0 Å². The molecule has 4 nitrogen and oxygen atoms in total. The second kappa shape index (κ2) is 5.64. The molecule has 0 aromatic carbocycles. The maximum absolute atomic E-state index is 11.0. The molecule has 3 N–H and O–H groups in total. The van der Waals surface area contributed by atoms with Crippen LogP contribution in [0.5, 0.6) is 0 Å². The monoisotopic (exact) mass is 229 g/mol. The highest BCUT2D eigenvalue weighted by Crippen LogP contribution is 2.32. The average Bonchev–Trinajstić information content (AvgIpc) is 2.25. The van der Waals surface area contributed by atoms with E-state index in [4.69, 9.17) is 5.11 Å². The van der Waals surface area contributed by atoms with Crippen molar-refractivity contribution in [3.8, 4) is 0 Å². The lowest BCUT2D eigenvalue weighted by Gasteiger charge is -2.41. The number of hydrogen-bond donors (Lipinski definition) is 3. The molecule has 0 spiro atoms. The lowest BCUT2D eigenvalue weighted by Crippen LogP contribution is -2.57. The Hall–Kier alpha value is -0.610. The molecule has 0 amide bonds. The molecular weight excluding hydrogens is 206 g/mol. The Morgan fingerprint density at radius 3 is 2.75 bits per heavy atom. The molecule has 16 heavy (non-hydrogen) atoms. The number of carboxylic acids is 1.